The predicted molar refractivity (Wildman–Crippen MR) is 114 cm³/mol. The standard InChI is InChI=1S/C22H23B2O4/c1-21(2,23)22(3,4)28-24-17-9-5-15(6-10-17)14-26-18-11-7-16-8-12-20(25)27-19(16)13-18/h5-13H,14H2,1-4H3. The van der Waals surface area contributed by atoms with Crippen LogP contribution in [0.5, 0.6) is 5.75 Å². The maximum atomic E-state index is 11.3. The Bertz CT molecular complexity index is 1000. The van der Waals surface area contributed by atoms with Crippen molar-refractivity contribution in [3.05, 3.63) is 70.6 Å². The van der Waals surface area contributed by atoms with Gasteiger partial charge in [0.15, 0.2) is 0 Å². The van der Waals surface area contributed by atoms with E-state index in [0.717, 1.165) is 16.4 Å². The van der Waals surface area contributed by atoms with Gasteiger partial charge in [0.05, 0.1) is 7.85 Å². The van der Waals surface area contributed by atoms with Crippen LogP contribution in [0.4, 0.5) is 0 Å². The van der Waals surface area contributed by atoms with Crippen LogP contribution < -0.4 is 15.8 Å². The molecule has 0 bridgehead atoms. The molecule has 0 spiro atoms. The lowest BCUT2D eigenvalue weighted by molar-refractivity contribution is 0.0767. The maximum Gasteiger partial charge on any atom is 0.336 e. The summed E-state index contributed by atoms with van der Waals surface area (Å²) in [4.78, 5) is 11.3. The monoisotopic (exact) mass is 373 g/mol. The van der Waals surface area contributed by atoms with E-state index in [0.29, 0.717) is 17.9 Å². The molecule has 0 aliphatic rings. The fourth-order valence-electron chi connectivity index (χ4n) is 2.36. The second kappa shape index (κ2) is 7.88. The Kier molecular flexibility index (Phi) is 5.71. The van der Waals surface area contributed by atoms with Gasteiger partial charge in [0, 0.05) is 23.1 Å². The van der Waals surface area contributed by atoms with Crippen LogP contribution in [0, 0.1) is 0 Å². The molecule has 0 aliphatic carbocycles. The molecule has 1 aromatic heterocycles. The van der Waals surface area contributed by atoms with Crippen molar-refractivity contribution in [1.82, 2.24) is 0 Å². The van der Waals surface area contributed by atoms with Crippen LogP contribution in [0.2, 0.25) is 5.31 Å². The van der Waals surface area contributed by atoms with E-state index in [1.54, 1.807) is 19.6 Å². The molecule has 0 unspecified atom stereocenters. The van der Waals surface area contributed by atoms with E-state index >= 15 is 0 Å². The fraction of sp³-hybridized carbons (Fsp3) is 0.318. The quantitative estimate of drug-likeness (QED) is 0.467. The first kappa shape index (κ1) is 20.3. The second-order valence-electron chi connectivity index (χ2n) is 7.95. The van der Waals surface area contributed by atoms with E-state index in [2.05, 4.69) is 0 Å². The molecule has 141 valence electrons. The average molecular weight is 373 g/mol. The van der Waals surface area contributed by atoms with Crippen LogP contribution in [-0.4, -0.2) is 20.9 Å². The van der Waals surface area contributed by atoms with Gasteiger partial charge in [-0.2, -0.15) is 0 Å². The van der Waals surface area contributed by atoms with Gasteiger partial charge in [0.2, 0.25) is 0 Å². The number of rotatable bonds is 7. The summed E-state index contributed by atoms with van der Waals surface area (Å²) >= 11 is 0. The number of benzene rings is 2. The summed E-state index contributed by atoms with van der Waals surface area (Å²) in [5, 5.41) is 0.395. The smallest absolute Gasteiger partial charge is 0.336 e. The molecule has 0 N–H and O–H groups in total. The second-order valence-corrected chi connectivity index (χ2v) is 7.95. The van der Waals surface area contributed by atoms with Crippen molar-refractivity contribution < 1.29 is 13.8 Å². The third kappa shape index (κ3) is 4.87. The van der Waals surface area contributed by atoms with Gasteiger partial charge in [-0.25, -0.2) is 4.79 Å². The van der Waals surface area contributed by atoms with E-state index in [4.69, 9.17) is 21.7 Å². The van der Waals surface area contributed by atoms with Gasteiger partial charge in [-0.3, -0.25) is 0 Å². The van der Waals surface area contributed by atoms with Gasteiger partial charge in [0.1, 0.15) is 17.9 Å². The lowest BCUT2D eigenvalue weighted by Gasteiger charge is -2.39. The van der Waals surface area contributed by atoms with E-state index in [1.807, 2.05) is 64.1 Å². The molecular weight excluding hydrogens is 350 g/mol. The Morgan fingerprint density at radius 2 is 1.68 bits per heavy atom. The molecule has 0 amide bonds. The van der Waals surface area contributed by atoms with Crippen molar-refractivity contribution in [2.75, 3.05) is 0 Å². The molecule has 6 heteroatoms. The van der Waals surface area contributed by atoms with Gasteiger partial charge >= 0.3 is 13.1 Å². The summed E-state index contributed by atoms with van der Waals surface area (Å²) in [6, 6.07) is 16.5. The molecule has 3 aromatic rings. The molecule has 1 heterocycles. The number of hydrogen-bond acceptors (Lipinski definition) is 4. The minimum Gasteiger partial charge on any atom is -0.489 e. The highest BCUT2D eigenvalue weighted by Gasteiger charge is 2.32. The Morgan fingerprint density at radius 3 is 2.36 bits per heavy atom. The van der Waals surface area contributed by atoms with Crippen LogP contribution in [0.3, 0.4) is 0 Å². The molecule has 4 nitrogen and oxygen atoms in total. The SMILES string of the molecule is [B]C(C)(C)C(C)(C)O[B]c1ccc(COc2ccc3ccc(=O)oc3c2)cc1. The zero-order chi connectivity index (χ0) is 20.4. The van der Waals surface area contributed by atoms with E-state index < -0.39 is 10.9 Å². The summed E-state index contributed by atoms with van der Waals surface area (Å²) < 4.78 is 16.9. The van der Waals surface area contributed by atoms with Gasteiger partial charge in [-0.15, -0.1) is 0 Å². The molecule has 2 aromatic carbocycles. The molecule has 0 fully saturated rings. The first-order chi connectivity index (χ1) is 13.1. The first-order valence-corrected chi connectivity index (χ1v) is 9.20. The fourth-order valence-corrected chi connectivity index (χ4v) is 2.36. The predicted octanol–water partition coefficient (Wildman–Crippen LogP) is 3.78. The van der Waals surface area contributed by atoms with Crippen LogP contribution in [-0.2, 0) is 11.3 Å². The van der Waals surface area contributed by atoms with Crippen molar-refractivity contribution in [2.24, 2.45) is 0 Å². The third-order valence-corrected chi connectivity index (χ3v) is 5.02. The molecular formula is C22H23B2O4. The van der Waals surface area contributed by atoms with Crippen molar-refractivity contribution >= 4 is 31.8 Å². The van der Waals surface area contributed by atoms with Gasteiger partial charge in [0.25, 0.3) is 0 Å². The van der Waals surface area contributed by atoms with Gasteiger partial charge in [-0.05, 0) is 42.9 Å². The zero-order valence-corrected chi connectivity index (χ0v) is 16.7. The summed E-state index contributed by atoms with van der Waals surface area (Å²) in [6.07, 6.45) is 0. The van der Waals surface area contributed by atoms with E-state index in [-0.39, 0.29) is 5.63 Å². The van der Waals surface area contributed by atoms with Crippen molar-refractivity contribution in [1.29, 1.82) is 0 Å². The van der Waals surface area contributed by atoms with Crippen molar-refractivity contribution in [3.63, 3.8) is 0 Å². The topological polar surface area (TPSA) is 48.7 Å². The van der Waals surface area contributed by atoms with Crippen LogP contribution in [0.25, 0.3) is 11.0 Å². The van der Waals surface area contributed by atoms with Gasteiger partial charge < -0.3 is 13.8 Å². The number of ether oxygens (including phenoxy) is 1. The molecule has 0 atom stereocenters. The van der Waals surface area contributed by atoms with Crippen molar-refractivity contribution in [3.8, 4) is 5.75 Å². The minimum absolute atomic E-state index is 0.375. The highest BCUT2D eigenvalue weighted by molar-refractivity contribution is 6.47. The zero-order valence-electron chi connectivity index (χ0n) is 16.7. The third-order valence-electron chi connectivity index (χ3n) is 5.02. The summed E-state index contributed by atoms with van der Waals surface area (Å²) in [6.45, 7) is 8.23. The Hall–Kier alpha value is -2.46. The minimum atomic E-state index is -0.486. The highest BCUT2D eigenvalue weighted by Crippen LogP contribution is 2.36. The summed E-state index contributed by atoms with van der Waals surface area (Å²) in [5.41, 5.74) is 1.62. The molecule has 3 rings (SSSR count). The van der Waals surface area contributed by atoms with Crippen LogP contribution in [0.1, 0.15) is 33.3 Å². The van der Waals surface area contributed by atoms with Gasteiger partial charge in [-0.1, -0.05) is 43.6 Å². The molecule has 0 saturated carbocycles. The normalized spacial score (nSPS) is 12.1. The first-order valence-electron chi connectivity index (χ1n) is 9.20. The lowest BCUT2D eigenvalue weighted by atomic mass is 9.61. The largest absolute Gasteiger partial charge is 0.489 e. The lowest BCUT2D eigenvalue weighted by Crippen LogP contribution is -2.40. The van der Waals surface area contributed by atoms with E-state index in [9.17, 15) is 4.79 Å². The maximum absolute atomic E-state index is 11.3. The molecule has 0 saturated heterocycles. The number of hydrogen-bond donors (Lipinski definition) is 0. The Balaban J connectivity index is 1.59. The Morgan fingerprint density at radius 1 is 1.00 bits per heavy atom. The Labute approximate surface area is 167 Å². The molecule has 28 heavy (non-hydrogen) atoms. The van der Waals surface area contributed by atoms with Crippen molar-refractivity contribution in [2.45, 2.75) is 45.2 Å². The summed E-state index contributed by atoms with van der Waals surface area (Å²) in [7, 11) is 7.88. The average Bonchev–Trinajstić information content (AvgIpc) is 2.64. The van der Waals surface area contributed by atoms with E-state index in [1.165, 1.54) is 6.07 Å². The molecule has 3 radical (unpaired) electrons. The molecule has 0 aliphatic heterocycles. The van der Waals surface area contributed by atoms with Crippen LogP contribution in [0.15, 0.2) is 63.8 Å². The summed E-state index contributed by atoms with van der Waals surface area (Å²) in [5.74, 6) is 0.646. The number of fused-ring (bicyclic) bond motifs is 1. The van der Waals surface area contributed by atoms with Crippen LogP contribution >= 0.6 is 0 Å². The highest BCUT2D eigenvalue weighted by atomic mass is 16.5.